The van der Waals surface area contributed by atoms with Gasteiger partial charge in [-0.25, -0.2) is 0 Å². The van der Waals surface area contributed by atoms with Crippen molar-refractivity contribution in [3.05, 3.63) is 11.7 Å². The topological polar surface area (TPSA) is 64.9 Å². The normalized spacial score (nSPS) is 27.2. The van der Waals surface area contributed by atoms with Crippen molar-refractivity contribution in [3.63, 3.8) is 0 Å². The molecule has 1 fully saturated rings. The lowest BCUT2D eigenvalue weighted by Gasteiger charge is -2.05. The maximum Gasteiger partial charge on any atom is 0.231 e. The van der Waals surface area contributed by atoms with Crippen molar-refractivity contribution in [1.82, 2.24) is 10.1 Å². The molecule has 1 aromatic rings. The molecule has 4 nitrogen and oxygen atoms in total. The van der Waals surface area contributed by atoms with Crippen LogP contribution in [0.15, 0.2) is 4.52 Å². The number of rotatable bonds is 4. The molecular formula is C12H21N3O. The number of nitrogens with two attached hydrogens (primary N) is 1. The summed E-state index contributed by atoms with van der Waals surface area (Å²) >= 11 is 0. The Hall–Kier alpha value is -0.900. The summed E-state index contributed by atoms with van der Waals surface area (Å²) in [7, 11) is 0. The molecule has 0 bridgehead atoms. The van der Waals surface area contributed by atoms with Crippen molar-refractivity contribution in [2.75, 3.05) is 6.54 Å². The van der Waals surface area contributed by atoms with Crippen LogP contribution in [0.5, 0.6) is 0 Å². The molecule has 0 saturated heterocycles. The molecule has 1 heterocycles. The van der Waals surface area contributed by atoms with E-state index in [1.54, 1.807) is 0 Å². The van der Waals surface area contributed by atoms with E-state index in [0.717, 1.165) is 24.1 Å². The highest BCUT2D eigenvalue weighted by Gasteiger charge is 2.27. The van der Waals surface area contributed by atoms with Gasteiger partial charge in [-0.05, 0) is 31.6 Å². The molecule has 1 saturated carbocycles. The van der Waals surface area contributed by atoms with E-state index >= 15 is 0 Å². The maximum absolute atomic E-state index is 5.67. The molecular weight excluding hydrogens is 202 g/mol. The zero-order valence-corrected chi connectivity index (χ0v) is 10.1. The third kappa shape index (κ3) is 2.26. The molecule has 2 N–H and O–H groups in total. The molecule has 0 aliphatic heterocycles. The Morgan fingerprint density at radius 1 is 1.50 bits per heavy atom. The molecule has 90 valence electrons. The van der Waals surface area contributed by atoms with Crippen LogP contribution in [0.2, 0.25) is 0 Å². The lowest BCUT2D eigenvalue weighted by molar-refractivity contribution is 0.345. The van der Waals surface area contributed by atoms with E-state index in [-0.39, 0.29) is 5.92 Å². The number of aromatic nitrogens is 2. The summed E-state index contributed by atoms with van der Waals surface area (Å²) in [5.41, 5.74) is 5.67. The quantitative estimate of drug-likeness (QED) is 0.851. The first kappa shape index (κ1) is 11.6. The van der Waals surface area contributed by atoms with E-state index in [0.29, 0.717) is 12.5 Å². The van der Waals surface area contributed by atoms with Crippen LogP contribution in [0, 0.1) is 5.92 Å². The Labute approximate surface area is 96.6 Å². The third-order valence-electron chi connectivity index (χ3n) is 3.64. The lowest BCUT2D eigenvalue weighted by atomic mass is 10.1. The molecule has 3 unspecified atom stereocenters. The van der Waals surface area contributed by atoms with E-state index in [9.17, 15) is 0 Å². The van der Waals surface area contributed by atoms with Crippen molar-refractivity contribution in [2.45, 2.75) is 51.4 Å². The summed E-state index contributed by atoms with van der Waals surface area (Å²) in [5.74, 6) is 3.14. The van der Waals surface area contributed by atoms with Crippen molar-refractivity contribution in [1.29, 1.82) is 0 Å². The molecule has 0 spiro atoms. The minimum atomic E-state index is 0.222. The van der Waals surface area contributed by atoms with E-state index in [4.69, 9.17) is 10.3 Å². The summed E-state index contributed by atoms with van der Waals surface area (Å²) in [6.07, 6.45) is 4.62. The van der Waals surface area contributed by atoms with Crippen molar-refractivity contribution >= 4 is 0 Å². The number of hydrogen-bond donors (Lipinski definition) is 1. The molecule has 0 radical (unpaired) electrons. The van der Waals surface area contributed by atoms with E-state index in [1.165, 1.54) is 19.3 Å². The van der Waals surface area contributed by atoms with Gasteiger partial charge in [-0.15, -0.1) is 0 Å². The first-order chi connectivity index (χ1) is 7.74. The molecule has 0 aromatic carbocycles. The summed E-state index contributed by atoms with van der Waals surface area (Å²) < 4.78 is 5.32. The van der Waals surface area contributed by atoms with Crippen LogP contribution in [0.3, 0.4) is 0 Å². The van der Waals surface area contributed by atoms with Crippen LogP contribution in [0.25, 0.3) is 0 Å². The zero-order chi connectivity index (χ0) is 11.5. The largest absolute Gasteiger partial charge is 0.339 e. The predicted octanol–water partition coefficient (Wildman–Crippen LogP) is 2.43. The zero-order valence-electron chi connectivity index (χ0n) is 10.1. The van der Waals surface area contributed by atoms with Crippen LogP contribution < -0.4 is 5.73 Å². The highest BCUT2D eigenvalue weighted by molar-refractivity contribution is 5.01. The molecule has 3 atom stereocenters. The van der Waals surface area contributed by atoms with Gasteiger partial charge in [0.1, 0.15) is 0 Å². The van der Waals surface area contributed by atoms with E-state index in [2.05, 4.69) is 24.0 Å². The predicted molar refractivity (Wildman–Crippen MR) is 62.1 cm³/mol. The van der Waals surface area contributed by atoms with Crippen molar-refractivity contribution < 1.29 is 4.52 Å². The van der Waals surface area contributed by atoms with Crippen LogP contribution >= 0.6 is 0 Å². The van der Waals surface area contributed by atoms with Crippen LogP contribution in [-0.2, 0) is 0 Å². The lowest BCUT2D eigenvalue weighted by Crippen LogP contribution is -2.12. The summed E-state index contributed by atoms with van der Waals surface area (Å²) in [5, 5.41) is 4.11. The Morgan fingerprint density at radius 3 is 2.88 bits per heavy atom. The Balaban J connectivity index is 2.07. The van der Waals surface area contributed by atoms with Gasteiger partial charge in [0.25, 0.3) is 0 Å². The fraction of sp³-hybridized carbons (Fsp3) is 0.833. The fourth-order valence-electron chi connectivity index (χ4n) is 2.46. The summed E-state index contributed by atoms with van der Waals surface area (Å²) in [6.45, 7) is 4.97. The minimum Gasteiger partial charge on any atom is -0.339 e. The van der Waals surface area contributed by atoms with Gasteiger partial charge in [-0.2, -0.15) is 4.98 Å². The van der Waals surface area contributed by atoms with Crippen molar-refractivity contribution in [3.8, 4) is 0 Å². The minimum absolute atomic E-state index is 0.222. The average molecular weight is 223 g/mol. The Kier molecular flexibility index (Phi) is 3.59. The summed E-state index contributed by atoms with van der Waals surface area (Å²) in [6, 6.07) is 0. The van der Waals surface area contributed by atoms with Gasteiger partial charge in [-0.1, -0.05) is 19.0 Å². The first-order valence-electron chi connectivity index (χ1n) is 6.28. The van der Waals surface area contributed by atoms with E-state index in [1.807, 2.05) is 0 Å². The van der Waals surface area contributed by atoms with E-state index < -0.39 is 0 Å². The standard InChI is InChI=1S/C12H21N3O/c1-3-9(7-13)12-14-11(15-16-12)10-5-4-8(2)6-10/h8-10H,3-7,13H2,1-2H3. The molecule has 4 heteroatoms. The molecule has 0 amide bonds. The van der Waals surface area contributed by atoms with Crippen LogP contribution in [-0.4, -0.2) is 16.7 Å². The smallest absolute Gasteiger partial charge is 0.231 e. The highest BCUT2D eigenvalue weighted by Crippen LogP contribution is 2.36. The average Bonchev–Trinajstić information content (AvgIpc) is 2.89. The van der Waals surface area contributed by atoms with Gasteiger partial charge in [0, 0.05) is 12.5 Å². The first-order valence-corrected chi connectivity index (χ1v) is 6.28. The number of nitrogens with zero attached hydrogens (tertiary/aromatic N) is 2. The van der Waals surface area contributed by atoms with Gasteiger partial charge in [0.15, 0.2) is 5.82 Å². The van der Waals surface area contributed by atoms with Crippen molar-refractivity contribution in [2.24, 2.45) is 11.7 Å². The van der Waals surface area contributed by atoms with Gasteiger partial charge >= 0.3 is 0 Å². The molecule has 16 heavy (non-hydrogen) atoms. The third-order valence-corrected chi connectivity index (χ3v) is 3.64. The molecule has 1 aliphatic carbocycles. The molecule has 2 rings (SSSR count). The Bertz CT molecular complexity index is 333. The van der Waals surface area contributed by atoms with Gasteiger partial charge in [0.2, 0.25) is 5.89 Å². The van der Waals surface area contributed by atoms with Gasteiger partial charge in [0.05, 0.1) is 5.92 Å². The second-order valence-corrected chi connectivity index (χ2v) is 4.95. The Morgan fingerprint density at radius 2 is 2.31 bits per heavy atom. The monoisotopic (exact) mass is 223 g/mol. The number of hydrogen-bond acceptors (Lipinski definition) is 4. The van der Waals surface area contributed by atoms with Gasteiger partial charge in [-0.3, -0.25) is 0 Å². The molecule has 1 aromatic heterocycles. The van der Waals surface area contributed by atoms with Crippen LogP contribution in [0.1, 0.15) is 63.1 Å². The fourth-order valence-corrected chi connectivity index (χ4v) is 2.46. The molecule has 1 aliphatic rings. The van der Waals surface area contributed by atoms with Crippen LogP contribution in [0.4, 0.5) is 0 Å². The second kappa shape index (κ2) is 4.95. The van der Waals surface area contributed by atoms with Gasteiger partial charge < -0.3 is 10.3 Å². The SMILES string of the molecule is CCC(CN)c1nc(C2CCC(C)C2)no1. The summed E-state index contributed by atoms with van der Waals surface area (Å²) in [4.78, 5) is 4.51. The second-order valence-electron chi connectivity index (χ2n) is 4.95. The maximum atomic E-state index is 5.67. The highest BCUT2D eigenvalue weighted by atomic mass is 16.5.